The van der Waals surface area contributed by atoms with Crippen LogP contribution in [0.3, 0.4) is 0 Å². The summed E-state index contributed by atoms with van der Waals surface area (Å²) in [6, 6.07) is 10.00. The summed E-state index contributed by atoms with van der Waals surface area (Å²) < 4.78 is 10.6. The molecule has 1 fully saturated rings. The highest BCUT2D eigenvalue weighted by atomic mass is 16.6. The monoisotopic (exact) mass is 376 g/mol. The molecule has 1 heterocycles. The van der Waals surface area contributed by atoms with E-state index in [4.69, 9.17) is 9.47 Å². The first-order valence-electron chi connectivity index (χ1n) is 9.70. The molecule has 150 valence electrons. The van der Waals surface area contributed by atoms with Crippen LogP contribution in [0, 0.1) is 5.92 Å². The van der Waals surface area contributed by atoms with Crippen molar-refractivity contribution in [1.82, 2.24) is 10.2 Å². The Hall–Kier alpha value is -2.08. The Balaban J connectivity index is 1.88. The molecule has 0 atom stereocenters. The number of benzene rings is 1. The molecular weight excluding hydrogens is 344 g/mol. The van der Waals surface area contributed by atoms with Crippen molar-refractivity contribution in [3.8, 4) is 0 Å². The van der Waals surface area contributed by atoms with Crippen LogP contribution in [-0.2, 0) is 20.8 Å². The molecule has 0 radical (unpaired) electrons. The van der Waals surface area contributed by atoms with E-state index in [1.165, 1.54) is 0 Å². The Bertz CT molecular complexity index is 592. The first kappa shape index (κ1) is 21.2. The minimum atomic E-state index is -0.545. The zero-order valence-electron chi connectivity index (χ0n) is 16.7. The highest BCUT2D eigenvalue weighted by Crippen LogP contribution is 2.18. The van der Waals surface area contributed by atoms with E-state index in [0.29, 0.717) is 12.5 Å². The van der Waals surface area contributed by atoms with Crippen LogP contribution in [0.25, 0.3) is 0 Å². The second-order valence-corrected chi connectivity index (χ2v) is 7.99. The maximum absolute atomic E-state index is 12.8. The molecule has 1 aliphatic rings. The van der Waals surface area contributed by atoms with Gasteiger partial charge in [-0.1, -0.05) is 30.3 Å². The Kier molecular flexibility index (Phi) is 8.10. The van der Waals surface area contributed by atoms with Gasteiger partial charge in [-0.25, -0.2) is 4.79 Å². The van der Waals surface area contributed by atoms with E-state index in [0.717, 1.165) is 38.2 Å². The van der Waals surface area contributed by atoms with Crippen LogP contribution in [0.2, 0.25) is 0 Å². The summed E-state index contributed by atoms with van der Waals surface area (Å²) in [5, 5.41) is 2.66. The molecule has 27 heavy (non-hydrogen) atoms. The highest BCUT2D eigenvalue weighted by Gasteiger charge is 2.22. The van der Waals surface area contributed by atoms with E-state index >= 15 is 0 Å². The van der Waals surface area contributed by atoms with Gasteiger partial charge in [0.15, 0.2) is 0 Å². The Morgan fingerprint density at radius 1 is 1.19 bits per heavy atom. The van der Waals surface area contributed by atoms with Crippen LogP contribution in [0.4, 0.5) is 4.79 Å². The molecule has 1 aromatic carbocycles. The second-order valence-electron chi connectivity index (χ2n) is 7.99. The Morgan fingerprint density at radius 2 is 1.85 bits per heavy atom. The largest absolute Gasteiger partial charge is 0.444 e. The molecule has 0 spiro atoms. The van der Waals surface area contributed by atoms with Crippen LogP contribution in [0.5, 0.6) is 0 Å². The topological polar surface area (TPSA) is 67.9 Å². The van der Waals surface area contributed by atoms with Crippen molar-refractivity contribution >= 4 is 12.0 Å². The van der Waals surface area contributed by atoms with Gasteiger partial charge in [0.1, 0.15) is 5.60 Å². The number of ether oxygens (including phenoxy) is 2. The number of carbonyl (C=O) groups excluding carboxylic acids is 2. The highest BCUT2D eigenvalue weighted by molar-refractivity contribution is 5.77. The van der Waals surface area contributed by atoms with Gasteiger partial charge in [-0.3, -0.25) is 4.79 Å². The molecule has 6 nitrogen and oxygen atoms in total. The molecule has 1 aromatic rings. The van der Waals surface area contributed by atoms with Gasteiger partial charge in [0.25, 0.3) is 0 Å². The molecule has 0 unspecified atom stereocenters. The van der Waals surface area contributed by atoms with Crippen LogP contribution in [-0.4, -0.2) is 48.8 Å². The lowest BCUT2D eigenvalue weighted by molar-refractivity contribution is -0.132. The van der Waals surface area contributed by atoms with Gasteiger partial charge in [0.05, 0.1) is 0 Å². The summed E-state index contributed by atoms with van der Waals surface area (Å²) in [5.74, 6) is 0.506. The fourth-order valence-corrected chi connectivity index (χ4v) is 3.04. The lowest BCUT2D eigenvalue weighted by Gasteiger charge is -2.30. The average molecular weight is 376 g/mol. The van der Waals surface area contributed by atoms with Crippen LogP contribution >= 0.6 is 0 Å². The number of carbonyl (C=O) groups is 2. The maximum Gasteiger partial charge on any atom is 0.407 e. The van der Waals surface area contributed by atoms with Crippen molar-refractivity contribution in [1.29, 1.82) is 0 Å². The maximum atomic E-state index is 12.8. The first-order chi connectivity index (χ1) is 12.8. The molecule has 1 aliphatic heterocycles. The SMILES string of the molecule is CC(C)(C)OC(=O)NCCC(=O)N(Cc1ccccc1)CC1CCOCC1. The van der Waals surface area contributed by atoms with Gasteiger partial charge >= 0.3 is 6.09 Å². The normalized spacial score (nSPS) is 15.2. The van der Waals surface area contributed by atoms with Crippen LogP contribution in [0.15, 0.2) is 30.3 Å². The third-order valence-electron chi connectivity index (χ3n) is 4.40. The standard InChI is InChI=1S/C21H32N2O4/c1-21(2,3)27-20(25)22-12-9-19(24)23(15-17-7-5-4-6-8-17)16-18-10-13-26-14-11-18/h4-8,18H,9-16H2,1-3H3,(H,22,25). The molecular formula is C21H32N2O4. The van der Waals surface area contributed by atoms with Crippen molar-refractivity contribution in [2.45, 2.75) is 52.2 Å². The van der Waals surface area contributed by atoms with Crippen LogP contribution in [0.1, 0.15) is 45.6 Å². The van der Waals surface area contributed by atoms with Crippen molar-refractivity contribution in [2.75, 3.05) is 26.3 Å². The average Bonchev–Trinajstić information content (AvgIpc) is 2.61. The van der Waals surface area contributed by atoms with E-state index in [9.17, 15) is 9.59 Å². The summed E-state index contributed by atoms with van der Waals surface area (Å²) in [6.07, 6.45) is 1.73. The zero-order chi connectivity index (χ0) is 19.7. The van der Waals surface area contributed by atoms with Gasteiger partial charge in [0, 0.05) is 39.3 Å². The smallest absolute Gasteiger partial charge is 0.407 e. The summed E-state index contributed by atoms with van der Waals surface area (Å²) in [7, 11) is 0. The molecule has 0 aliphatic carbocycles. The molecule has 0 aromatic heterocycles. The van der Waals surface area contributed by atoms with Crippen molar-refractivity contribution < 1.29 is 19.1 Å². The number of hydrogen-bond acceptors (Lipinski definition) is 4. The molecule has 2 rings (SSSR count). The van der Waals surface area contributed by atoms with Gasteiger partial charge in [-0.2, -0.15) is 0 Å². The lowest BCUT2D eigenvalue weighted by atomic mass is 9.99. The van der Waals surface area contributed by atoms with E-state index in [2.05, 4.69) is 5.32 Å². The van der Waals surface area contributed by atoms with E-state index in [1.54, 1.807) is 0 Å². The number of amides is 2. The summed E-state index contributed by atoms with van der Waals surface area (Å²) in [5.41, 5.74) is 0.564. The van der Waals surface area contributed by atoms with E-state index < -0.39 is 11.7 Å². The summed E-state index contributed by atoms with van der Waals surface area (Å²) in [4.78, 5) is 26.4. The molecule has 0 bridgehead atoms. The van der Waals surface area contributed by atoms with Gasteiger partial charge in [-0.05, 0) is 45.1 Å². The minimum absolute atomic E-state index is 0.0430. The molecule has 2 amide bonds. The number of hydrogen-bond donors (Lipinski definition) is 1. The van der Waals surface area contributed by atoms with E-state index in [-0.39, 0.29) is 18.9 Å². The van der Waals surface area contributed by atoms with Gasteiger partial charge in [-0.15, -0.1) is 0 Å². The first-order valence-corrected chi connectivity index (χ1v) is 9.70. The van der Waals surface area contributed by atoms with E-state index in [1.807, 2.05) is 56.0 Å². The number of alkyl carbamates (subject to hydrolysis) is 1. The number of nitrogens with one attached hydrogen (secondary N) is 1. The zero-order valence-corrected chi connectivity index (χ0v) is 16.7. The molecule has 1 N–H and O–H groups in total. The summed E-state index contributed by atoms with van der Waals surface area (Å²) in [6.45, 7) is 8.55. The summed E-state index contributed by atoms with van der Waals surface area (Å²) >= 11 is 0. The number of nitrogens with zero attached hydrogens (tertiary/aromatic N) is 1. The fraction of sp³-hybridized carbons (Fsp3) is 0.619. The molecule has 0 saturated carbocycles. The Labute approximate surface area is 162 Å². The minimum Gasteiger partial charge on any atom is -0.444 e. The third kappa shape index (κ3) is 8.43. The third-order valence-corrected chi connectivity index (χ3v) is 4.40. The van der Waals surface area contributed by atoms with Gasteiger partial charge < -0.3 is 19.7 Å². The van der Waals surface area contributed by atoms with Crippen LogP contribution < -0.4 is 5.32 Å². The lowest BCUT2D eigenvalue weighted by Crippen LogP contribution is -2.39. The van der Waals surface area contributed by atoms with Crippen molar-refractivity contribution in [3.63, 3.8) is 0 Å². The van der Waals surface area contributed by atoms with Crippen molar-refractivity contribution in [2.24, 2.45) is 5.92 Å². The van der Waals surface area contributed by atoms with Gasteiger partial charge in [0.2, 0.25) is 5.91 Å². The Morgan fingerprint density at radius 3 is 2.48 bits per heavy atom. The second kappa shape index (κ2) is 10.3. The predicted molar refractivity (Wildman–Crippen MR) is 104 cm³/mol. The number of rotatable bonds is 7. The quantitative estimate of drug-likeness (QED) is 0.792. The predicted octanol–water partition coefficient (Wildman–Crippen LogP) is 3.36. The molecule has 6 heteroatoms. The van der Waals surface area contributed by atoms with Crippen molar-refractivity contribution in [3.05, 3.63) is 35.9 Å². The fourth-order valence-electron chi connectivity index (χ4n) is 3.04. The molecule has 1 saturated heterocycles.